The lowest BCUT2D eigenvalue weighted by atomic mass is 10.1. The second-order valence-corrected chi connectivity index (χ2v) is 5.66. The van der Waals surface area contributed by atoms with Crippen molar-refractivity contribution in [3.05, 3.63) is 63.0 Å². The fourth-order valence-electron chi connectivity index (χ4n) is 1.94. The number of H-pyrrole nitrogens is 1. The van der Waals surface area contributed by atoms with Crippen LogP contribution >= 0.6 is 11.6 Å². The zero-order valence-electron chi connectivity index (χ0n) is 13.5. The van der Waals surface area contributed by atoms with Gasteiger partial charge in [0.25, 0.3) is 5.91 Å². The number of aromatic nitrogens is 1. The zero-order valence-corrected chi connectivity index (χ0v) is 14.2. The molecule has 0 saturated carbocycles. The van der Waals surface area contributed by atoms with Crippen LogP contribution in [0, 0.1) is 0 Å². The summed E-state index contributed by atoms with van der Waals surface area (Å²) >= 11 is 5.67. The van der Waals surface area contributed by atoms with Gasteiger partial charge in [-0.25, -0.2) is 4.79 Å². The molecule has 0 fully saturated rings. The van der Waals surface area contributed by atoms with Crippen LogP contribution in [-0.2, 0) is 9.53 Å². The van der Waals surface area contributed by atoms with Crippen LogP contribution in [0.15, 0.2) is 41.2 Å². The Bertz CT molecular complexity index is 873. The van der Waals surface area contributed by atoms with Gasteiger partial charge in [-0.1, -0.05) is 11.6 Å². The van der Waals surface area contributed by atoms with Crippen molar-refractivity contribution < 1.29 is 19.1 Å². The standard InChI is InChI=1S/C17H15ClN2O5/c1-9(21)11-3-5-13(6-4-11)19-16(23)10(2)25-17(24)12-7-14(18)20-15(22)8-12/h3-8,10H,1-2H3,(H,19,23)(H,20,22)/t10-/m0/s1. The molecule has 1 aromatic heterocycles. The molecule has 2 aromatic rings. The minimum Gasteiger partial charge on any atom is -0.449 e. The van der Waals surface area contributed by atoms with Gasteiger partial charge >= 0.3 is 5.97 Å². The Balaban J connectivity index is 2.00. The molecule has 7 nitrogen and oxygen atoms in total. The molecule has 0 spiro atoms. The van der Waals surface area contributed by atoms with Crippen LogP contribution in [0.25, 0.3) is 0 Å². The molecule has 0 aliphatic carbocycles. The van der Waals surface area contributed by atoms with Crippen molar-refractivity contribution >= 4 is 34.9 Å². The number of halogens is 1. The third-order valence-corrected chi connectivity index (χ3v) is 3.46. The molecule has 0 bridgehead atoms. The largest absolute Gasteiger partial charge is 0.449 e. The van der Waals surface area contributed by atoms with E-state index in [4.69, 9.17) is 16.3 Å². The van der Waals surface area contributed by atoms with Crippen molar-refractivity contribution in [2.75, 3.05) is 5.32 Å². The summed E-state index contributed by atoms with van der Waals surface area (Å²) in [6, 6.07) is 8.55. The molecule has 1 heterocycles. The Morgan fingerprint density at radius 2 is 1.76 bits per heavy atom. The summed E-state index contributed by atoms with van der Waals surface area (Å²) in [4.78, 5) is 48.9. The number of hydrogen-bond donors (Lipinski definition) is 2. The first kappa shape index (κ1) is 18.4. The maximum Gasteiger partial charge on any atom is 0.339 e. The third kappa shape index (κ3) is 5.02. The summed E-state index contributed by atoms with van der Waals surface area (Å²) in [6.07, 6.45) is -1.10. The molecule has 130 valence electrons. The van der Waals surface area contributed by atoms with Gasteiger partial charge in [-0.15, -0.1) is 0 Å². The van der Waals surface area contributed by atoms with Gasteiger partial charge in [-0.3, -0.25) is 14.4 Å². The molecule has 2 N–H and O–H groups in total. The number of pyridine rings is 1. The van der Waals surface area contributed by atoms with Gasteiger partial charge in [0.2, 0.25) is 5.56 Å². The zero-order chi connectivity index (χ0) is 18.6. The number of carbonyl (C=O) groups is 3. The van der Waals surface area contributed by atoms with Gasteiger partial charge in [-0.05, 0) is 44.2 Å². The number of anilines is 1. The van der Waals surface area contributed by atoms with Crippen LogP contribution in [-0.4, -0.2) is 28.7 Å². The van der Waals surface area contributed by atoms with Crippen LogP contribution in [0.4, 0.5) is 5.69 Å². The summed E-state index contributed by atoms with van der Waals surface area (Å²) < 4.78 is 5.03. The topological polar surface area (TPSA) is 105 Å². The Labute approximate surface area is 148 Å². The first-order valence-corrected chi connectivity index (χ1v) is 7.67. The van der Waals surface area contributed by atoms with E-state index in [1.165, 1.54) is 19.9 Å². The highest BCUT2D eigenvalue weighted by Gasteiger charge is 2.19. The first-order chi connectivity index (χ1) is 11.8. The summed E-state index contributed by atoms with van der Waals surface area (Å²) in [5.74, 6) is -1.49. The lowest BCUT2D eigenvalue weighted by Gasteiger charge is -2.13. The molecule has 0 aliphatic heterocycles. The highest BCUT2D eigenvalue weighted by Crippen LogP contribution is 2.12. The molecular formula is C17H15ClN2O5. The number of Topliss-reactive ketones (excluding diaryl/α,β-unsaturated/α-hetero) is 1. The van der Waals surface area contributed by atoms with Gasteiger partial charge in [-0.2, -0.15) is 0 Å². The van der Waals surface area contributed by atoms with Crippen LogP contribution in [0.3, 0.4) is 0 Å². The number of aromatic amines is 1. The molecule has 1 amide bonds. The summed E-state index contributed by atoms with van der Waals surface area (Å²) in [7, 11) is 0. The monoisotopic (exact) mass is 362 g/mol. The molecule has 25 heavy (non-hydrogen) atoms. The van der Waals surface area contributed by atoms with E-state index in [0.717, 1.165) is 6.07 Å². The third-order valence-electron chi connectivity index (χ3n) is 3.26. The van der Waals surface area contributed by atoms with Crippen molar-refractivity contribution in [1.29, 1.82) is 0 Å². The van der Waals surface area contributed by atoms with Crippen molar-refractivity contribution in [2.24, 2.45) is 0 Å². The molecule has 2 rings (SSSR count). The van der Waals surface area contributed by atoms with E-state index in [0.29, 0.717) is 11.3 Å². The number of carbonyl (C=O) groups excluding carboxylic acids is 3. The number of rotatable bonds is 5. The number of nitrogens with one attached hydrogen (secondary N) is 2. The van der Waals surface area contributed by atoms with Gasteiger partial charge in [0, 0.05) is 17.3 Å². The lowest BCUT2D eigenvalue weighted by Crippen LogP contribution is -2.30. The number of esters is 1. The number of benzene rings is 1. The van der Waals surface area contributed by atoms with E-state index in [9.17, 15) is 19.2 Å². The molecule has 1 aromatic carbocycles. The van der Waals surface area contributed by atoms with Crippen LogP contribution in [0.5, 0.6) is 0 Å². The smallest absolute Gasteiger partial charge is 0.339 e. The number of ketones is 1. The van der Waals surface area contributed by atoms with E-state index in [-0.39, 0.29) is 16.5 Å². The van der Waals surface area contributed by atoms with Crippen LogP contribution < -0.4 is 10.9 Å². The first-order valence-electron chi connectivity index (χ1n) is 7.29. The Hall–Kier alpha value is -2.93. The molecular weight excluding hydrogens is 348 g/mol. The Morgan fingerprint density at radius 3 is 2.32 bits per heavy atom. The maximum atomic E-state index is 12.1. The fraction of sp³-hybridized carbons (Fsp3) is 0.176. The number of ether oxygens (including phenoxy) is 1. The highest BCUT2D eigenvalue weighted by atomic mass is 35.5. The van der Waals surface area contributed by atoms with E-state index in [2.05, 4.69) is 10.3 Å². The summed E-state index contributed by atoms with van der Waals surface area (Å²) in [6.45, 7) is 2.84. The average molecular weight is 363 g/mol. The minimum atomic E-state index is -1.10. The SMILES string of the molecule is CC(=O)c1ccc(NC(=O)[C@H](C)OC(=O)c2cc(Cl)[nH]c(=O)c2)cc1. The summed E-state index contributed by atoms with van der Waals surface area (Å²) in [5, 5.41) is 2.55. The predicted octanol–water partition coefficient (Wildman–Crippen LogP) is 2.41. The molecule has 1 atom stereocenters. The van der Waals surface area contributed by atoms with Crippen LogP contribution in [0.1, 0.15) is 34.6 Å². The van der Waals surface area contributed by atoms with Crippen molar-refractivity contribution in [1.82, 2.24) is 4.98 Å². The van der Waals surface area contributed by atoms with E-state index < -0.39 is 23.5 Å². The summed E-state index contributed by atoms with van der Waals surface area (Å²) in [5.41, 5.74) is 0.363. The van der Waals surface area contributed by atoms with E-state index in [1.54, 1.807) is 24.3 Å². The van der Waals surface area contributed by atoms with Crippen molar-refractivity contribution in [3.63, 3.8) is 0 Å². The molecule has 0 radical (unpaired) electrons. The van der Waals surface area contributed by atoms with Gasteiger partial charge in [0.15, 0.2) is 11.9 Å². The normalized spacial score (nSPS) is 11.5. The van der Waals surface area contributed by atoms with Crippen molar-refractivity contribution in [3.8, 4) is 0 Å². The second kappa shape index (κ2) is 7.76. The lowest BCUT2D eigenvalue weighted by molar-refractivity contribution is -0.123. The van der Waals surface area contributed by atoms with Gasteiger partial charge in [0.1, 0.15) is 5.15 Å². The maximum absolute atomic E-state index is 12.1. The fourth-order valence-corrected chi connectivity index (χ4v) is 2.15. The number of amides is 1. The van der Waals surface area contributed by atoms with Gasteiger partial charge in [0.05, 0.1) is 5.56 Å². The van der Waals surface area contributed by atoms with E-state index in [1.807, 2.05) is 0 Å². The average Bonchev–Trinajstić information content (AvgIpc) is 2.54. The van der Waals surface area contributed by atoms with E-state index >= 15 is 0 Å². The molecule has 0 aliphatic rings. The molecule has 0 saturated heterocycles. The quantitative estimate of drug-likeness (QED) is 0.482. The van der Waals surface area contributed by atoms with Crippen LogP contribution in [0.2, 0.25) is 5.15 Å². The molecule has 8 heteroatoms. The second-order valence-electron chi connectivity index (χ2n) is 5.25. The Kier molecular flexibility index (Phi) is 5.71. The highest BCUT2D eigenvalue weighted by molar-refractivity contribution is 6.29. The Morgan fingerprint density at radius 1 is 1.12 bits per heavy atom. The molecule has 0 unspecified atom stereocenters. The predicted molar refractivity (Wildman–Crippen MR) is 92.0 cm³/mol. The number of hydrogen-bond acceptors (Lipinski definition) is 5. The van der Waals surface area contributed by atoms with Crippen molar-refractivity contribution in [2.45, 2.75) is 20.0 Å². The van der Waals surface area contributed by atoms with Gasteiger partial charge < -0.3 is 15.0 Å². The minimum absolute atomic E-state index is 0.0119.